The first-order valence-electron chi connectivity index (χ1n) is 7.05. The fourth-order valence-electron chi connectivity index (χ4n) is 2.10. The molecule has 0 radical (unpaired) electrons. The van der Waals surface area contributed by atoms with Crippen molar-refractivity contribution in [3.63, 3.8) is 0 Å². The lowest BCUT2D eigenvalue weighted by Gasteiger charge is -2.09. The van der Waals surface area contributed by atoms with Crippen molar-refractivity contribution in [3.05, 3.63) is 45.4 Å². The standard InChI is InChI=1S/C16H22N2OS/c1-4-13-7-5-6-8-14(13)19-10-9-16-18-12(2)15(20-16)11-17-3/h5-8,17H,4,9-11H2,1-3H3. The summed E-state index contributed by atoms with van der Waals surface area (Å²) in [6.45, 7) is 5.79. The molecule has 0 bridgehead atoms. The Morgan fingerprint density at radius 2 is 2.10 bits per heavy atom. The molecule has 4 heteroatoms. The summed E-state index contributed by atoms with van der Waals surface area (Å²) in [6.07, 6.45) is 1.87. The van der Waals surface area contributed by atoms with E-state index in [1.807, 2.05) is 19.2 Å². The fourth-order valence-corrected chi connectivity index (χ4v) is 3.17. The van der Waals surface area contributed by atoms with Gasteiger partial charge in [0.05, 0.1) is 17.3 Å². The lowest BCUT2D eigenvalue weighted by atomic mass is 10.1. The highest BCUT2D eigenvalue weighted by Crippen LogP contribution is 2.21. The molecule has 0 saturated heterocycles. The van der Waals surface area contributed by atoms with Crippen LogP contribution in [0.4, 0.5) is 0 Å². The average molecular weight is 290 g/mol. The Bertz CT molecular complexity index is 551. The smallest absolute Gasteiger partial charge is 0.122 e. The molecule has 0 saturated carbocycles. The third-order valence-corrected chi connectivity index (χ3v) is 4.42. The van der Waals surface area contributed by atoms with Gasteiger partial charge in [0.15, 0.2) is 0 Å². The van der Waals surface area contributed by atoms with E-state index in [0.29, 0.717) is 6.61 Å². The van der Waals surface area contributed by atoms with Gasteiger partial charge in [-0.3, -0.25) is 0 Å². The maximum atomic E-state index is 5.89. The summed E-state index contributed by atoms with van der Waals surface area (Å²) in [5.74, 6) is 0.999. The van der Waals surface area contributed by atoms with Crippen LogP contribution in [0.5, 0.6) is 5.75 Å². The molecule has 1 aromatic heterocycles. The van der Waals surface area contributed by atoms with Gasteiger partial charge in [-0.2, -0.15) is 0 Å². The monoisotopic (exact) mass is 290 g/mol. The Kier molecular flexibility index (Phi) is 5.56. The van der Waals surface area contributed by atoms with E-state index in [-0.39, 0.29) is 0 Å². The molecule has 0 atom stereocenters. The third-order valence-electron chi connectivity index (χ3n) is 3.20. The zero-order chi connectivity index (χ0) is 14.4. The lowest BCUT2D eigenvalue weighted by Crippen LogP contribution is -2.04. The van der Waals surface area contributed by atoms with E-state index < -0.39 is 0 Å². The van der Waals surface area contributed by atoms with Crippen LogP contribution < -0.4 is 10.1 Å². The maximum absolute atomic E-state index is 5.89. The molecule has 1 aromatic carbocycles. The van der Waals surface area contributed by atoms with Crippen LogP contribution in [0.25, 0.3) is 0 Å². The number of hydrogen-bond donors (Lipinski definition) is 1. The minimum atomic E-state index is 0.683. The van der Waals surface area contributed by atoms with E-state index in [1.165, 1.54) is 10.4 Å². The molecule has 0 fully saturated rings. The number of nitrogens with zero attached hydrogens (tertiary/aromatic N) is 1. The number of thiazole rings is 1. The van der Waals surface area contributed by atoms with Gasteiger partial charge in [-0.15, -0.1) is 11.3 Å². The molecule has 1 N–H and O–H groups in total. The van der Waals surface area contributed by atoms with Crippen molar-refractivity contribution >= 4 is 11.3 Å². The Morgan fingerprint density at radius 3 is 2.85 bits per heavy atom. The minimum absolute atomic E-state index is 0.683. The van der Waals surface area contributed by atoms with Gasteiger partial charge in [0.25, 0.3) is 0 Å². The Hall–Kier alpha value is -1.39. The molecule has 3 nitrogen and oxygen atoms in total. The summed E-state index contributed by atoms with van der Waals surface area (Å²) in [6, 6.07) is 8.24. The second-order valence-corrected chi connectivity index (χ2v) is 5.87. The molecular formula is C16H22N2OS. The van der Waals surface area contributed by atoms with Crippen LogP contribution in [-0.2, 0) is 19.4 Å². The topological polar surface area (TPSA) is 34.1 Å². The van der Waals surface area contributed by atoms with Crippen LogP contribution in [0.1, 0.15) is 28.1 Å². The number of nitrogens with one attached hydrogen (secondary N) is 1. The van der Waals surface area contributed by atoms with Crippen LogP contribution in [0.2, 0.25) is 0 Å². The van der Waals surface area contributed by atoms with Gasteiger partial charge in [0.1, 0.15) is 5.75 Å². The van der Waals surface area contributed by atoms with Crippen LogP contribution >= 0.6 is 11.3 Å². The molecule has 108 valence electrons. The quantitative estimate of drug-likeness (QED) is 0.849. The van der Waals surface area contributed by atoms with Gasteiger partial charge >= 0.3 is 0 Å². The molecule has 0 aliphatic heterocycles. The summed E-state index contributed by atoms with van der Waals surface area (Å²) in [5, 5.41) is 4.33. The summed E-state index contributed by atoms with van der Waals surface area (Å²) in [7, 11) is 1.96. The molecule has 1 heterocycles. The molecule has 0 aliphatic carbocycles. The summed E-state index contributed by atoms with van der Waals surface area (Å²) in [4.78, 5) is 5.92. The number of aryl methyl sites for hydroxylation is 2. The number of rotatable bonds is 7. The summed E-state index contributed by atoms with van der Waals surface area (Å²) in [5.41, 5.74) is 2.40. The lowest BCUT2D eigenvalue weighted by molar-refractivity contribution is 0.318. The van der Waals surface area contributed by atoms with Gasteiger partial charge in [-0.25, -0.2) is 4.98 Å². The minimum Gasteiger partial charge on any atom is -0.493 e. The zero-order valence-corrected chi connectivity index (χ0v) is 13.2. The van der Waals surface area contributed by atoms with Gasteiger partial charge in [-0.05, 0) is 32.0 Å². The van der Waals surface area contributed by atoms with Crippen molar-refractivity contribution in [2.45, 2.75) is 33.2 Å². The molecule has 2 rings (SSSR count). The van der Waals surface area contributed by atoms with E-state index in [9.17, 15) is 0 Å². The van der Waals surface area contributed by atoms with Crippen molar-refractivity contribution in [1.29, 1.82) is 0 Å². The number of aromatic nitrogens is 1. The van der Waals surface area contributed by atoms with E-state index in [0.717, 1.165) is 35.8 Å². The number of benzene rings is 1. The normalized spacial score (nSPS) is 10.8. The molecule has 0 spiro atoms. The molecule has 0 amide bonds. The second-order valence-electron chi connectivity index (χ2n) is 4.71. The SMILES string of the molecule is CCc1ccccc1OCCc1nc(C)c(CNC)s1. The second kappa shape index (κ2) is 7.41. The first-order chi connectivity index (χ1) is 9.74. The average Bonchev–Trinajstić information content (AvgIpc) is 2.80. The van der Waals surface area contributed by atoms with Gasteiger partial charge in [0.2, 0.25) is 0 Å². The van der Waals surface area contributed by atoms with Crippen LogP contribution in [0.3, 0.4) is 0 Å². The Balaban J connectivity index is 1.91. The van der Waals surface area contributed by atoms with Crippen molar-refractivity contribution in [2.75, 3.05) is 13.7 Å². The predicted octanol–water partition coefficient (Wildman–Crippen LogP) is 3.35. The predicted molar refractivity (Wildman–Crippen MR) is 84.6 cm³/mol. The molecule has 0 aliphatic rings. The Labute approximate surface area is 125 Å². The first-order valence-corrected chi connectivity index (χ1v) is 7.86. The van der Waals surface area contributed by atoms with Gasteiger partial charge in [0, 0.05) is 17.8 Å². The summed E-state index contributed by atoms with van der Waals surface area (Å²) >= 11 is 1.78. The largest absolute Gasteiger partial charge is 0.493 e. The first kappa shape index (κ1) is 15.0. The van der Waals surface area contributed by atoms with Crippen molar-refractivity contribution in [2.24, 2.45) is 0 Å². The van der Waals surface area contributed by atoms with Crippen LogP contribution in [0, 0.1) is 6.92 Å². The zero-order valence-electron chi connectivity index (χ0n) is 12.4. The molecule has 0 unspecified atom stereocenters. The molecule has 2 aromatic rings. The maximum Gasteiger partial charge on any atom is 0.122 e. The Morgan fingerprint density at radius 1 is 1.30 bits per heavy atom. The third kappa shape index (κ3) is 3.81. The van der Waals surface area contributed by atoms with Crippen LogP contribution in [0.15, 0.2) is 24.3 Å². The van der Waals surface area contributed by atoms with E-state index >= 15 is 0 Å². The van der Waals surface area contributed by atoms with Crippen molar-refractivity contribution in [1.82, 2.24) is 10.3 Å². The molecular weight excluding hydrogens is 268 g/mol. The van der Waals surface area contributed by atoms with E-state index in [1.54, 1.807) is 11.3 Å². The molecule has 20 heavy (non-hydrogen) atoms. The summed E-state index contributed by atoms with van der Waals surface area (Å²) < 4.78 is 5.89. The highest BCUT2D eigenvalue weighted by Gasteiger charge is 2.07. The number of para-hydroxylation sites is 1. The van der Waals surface area contributed by atoms with Gasteiger partial charge < -0.3 is 10.1 Å². The number of ether oxygens (including phenoxy) is 1. The number of hydrogen-bond acceptors (Lipinski definition) is 4. The highest BCUT2D eigenvalue weighted by molar-refractivity contribution is 7.11. The fraction of sp³-hybridized carbons (Fsp3) is 0.438. The highest BCUT2D eigenvalue weighted by atomic mass is 32.1. The van der Waals surface area contributed by atoms with Crippen molar-refractivity contribution in [3.8, 4) is 5.75 Å². The van der Waals surface area contributed by atoms with Crippen molar-refractivity contribution < 1.29 is 4.74 Å². The van der Waals surface area contributed by atoms with E-state index in [2.05, 4.69) is 36.3 Å². The van der Waals surface area contributed by atoms with Crippen LogP contribution in [-0.4, -0.2) is 18.6 Å². The van der Waals surface area contributed by atoms with E-state index in [4.69, 9.17) is 4.74 Å². The van der Waals surface area contributed by atoms with Gasteiger partial charge in [-0.1, -0.05) is 25.1 Å².